The third-order valence-corrected chi connectivity index (χ3v) is 3.87. The number of hydrogen-bond donors (Lipinski definition) is 1. The number of nitrogens with one attached hydrogen (secondary N) is 1. The zero-order valence-corrected chi connectivity index (χ0v) is 12.5. The second-order valence-electron chi connectivity index (χ2n) is 5.05. The van der Waals surface area contributed by atoms with E-state index in [9.17, 15) is 4.79 Å². The van der Waals surface area contributed by atoms with Gasteiger partial charge in [-0.15, -0.1) is 0 Å². The lowest BCUT2D eigenvalue weighted by Gasteiger charge is -2.10. The standard InChI is InChI=1S/C17H16ClNO2/c1-2-21-13-6-3-11(4-7-13)9-15-14-10-12(18)5-8-16(14)19-17(15)20/h3-8,10,15H,2,9H2,1H3,(H,19,20)/t15-/m0/s1. The number of amides is 1. The van der Waals surface area contributed by atoms with Crippen molar-refractivity contribution in [3.63, 3.8) is 0 Å². The molecule has 0 bridgehead atoms. The van der Waals surface area contributed by atoms with Gasteiger partial charge in [-0.05, 0) is 54.8 Å². The van der Waals surface area contributed by atoms with Crippen LogP contribution in [-0.2, 0) is 11.2 Å². The molecule has 0 unspecified atom stereocenters. The highest BCUT2D eigenvalue weighted by molar-refractivity contribution is 6.31. The van der Waals surface area contributed by atoms with Crippen molar-refractivity contribution in [1.82, 2.24) is 0 Å². The third kappa shape index (κ3) is 2.88. The van der Waals surface area contributed by atoms with Crippen LogP contribution in [0, 0.1) is 0 Å². The first kappa shape index (κ1) is 14.0. The van der Waals surface area contributed by atoms with Crippen molar-refractivity contribution in [1.29, 1.82) is 0 Å². The van der Waals surface area contributed by atoms with Crippen LogP contribution in [0.2, 0.25) is 5.02 Å². The van der Waals surface area contributed by atoms with Gasteiger partial charge in [0.05, 0.1) is 12.5 Å². The van der Waals surface area contributed by atoms with Crippen LogP contribution in [0.1, 0.15) is 24.0 Å². The Kier molecular flexibility index (Phi) is 3.84. The first-order valence-electron chi connectivity index (χ1n) is 6.99. The average Bonchev–Trinajstić information content (AvgIpc) is 2.77. The van der Waals surface area contributed by atoms with E-state index in [1.54, 1.807) is 6.07 Å². The minimum atomic E-state index is -0.184. The summed E-state index contributed by atoms with van der Waals surface area (Å²) in [6, 6.07) is 13.4. The van der Waals surface area contributed by atoms with Crippen molar-refractivity contribution in [2.75, 3.05) is 11.9 Å². The molecule has 1 atom stereocenters. The van der Waals surface area contributed by atoms with Gasteiger partial charge >= 0.3 is 0 Å². The monoisotopic (exact) mass is 301 g/mol. The minimum Gasteiger partial charge on any atom is -0.494 e. The Morgan fingerprint density at radius 3 is 2.67 bits per heavy atom. The molecule has 0 spiro atoms. The summed E-state index contributed by atoms with van der Waals surface area (Å²) in [6.45, 7) is 2.60. The molecule has 4 heteroatoms. The Hall–Kier alpha value is -2.00. The number of fused-ring (bicyclic) bond motifs is 1. The maximum Gasteiger partial charge on any atom is 0.232 e. The van der Waals surface area contributed by atoms with Crippen molar-refractivity contribution in [2.45, 2.75) is 19.3 Å². The second-order valence-corrected chi connectivity index (χ2v) is 5.49. The molecule has 3 rings (SSSR count). The summed E-state index contributed by atoms with van der Waals surface area (Å²) in [5.41, 5.74) is 2.94. The number of rotatable bonds is 4. The molecular weight excluding hydrogens is 286 g/mol. The molecule has 0 fully saturated rings. The fraction of sp³-hybridized carbons (Fsp3) is 0.235. The van der Waals surface area contributed by atoms with Crippen LogP contribution in [0.4, 0.5) is 5.69 Å². The number of hydrogen-bond acceptors (Lipinski definition) is 2. The van der Waals surface area contributed by atoms with Crippen molar-refractivity contribution in [2.24, 2.45) is 0 Å². The van der Waals surface area contributed by atoms with Gasteiger partial charge in [0.25, 0.3) is 0 Å². The van der Waals surface area contributed by atoms with Crippen molar-refractivity contribution >= 4 is 23.2 Å². The molecule has 2 aromatic rings. The van der Waals surface area contributed by atoms with Gasteiger partial charge in [-0.2, -0.15) is 0 Å². The van der Waals surface area contributed by atoms with Gasteiger partial charge < -0.3 is 10.1 Å². The average molecular weight is 302 g/mol. The lowest BCUT2D eigenvalue weighted by molar-refractivity contribution is -0.117. The summed E-state index contributed by atoms with van der Waals surface area (Å²) in [5, 5.41) is 3.56. The van der Waals surface area contributed by atoms with Crippen molar-refractivity contribution in [3.05, 3.63) is 58.6 Å². The number of carbonyl (C=O) groups excluding carboxylic acids is 1. The lowest BCUT2D eigenvalue weighted by atomic mass is 9.93. The third-order valence-electron chi connectivity index (χ3n) is 3.64. The fourth-order valence-corrected chi connectivity index (χ4v) is 2.80. The van der Waals surface area contributed by atoms with Crippen LogP contribution in [-0.4, -0.2) is 12.5 Å². The van der Waals surface area contributed by atoms with E-state index in [0.717, 1.165) is 22.6 Å². The van der Waals surface area contributed by atoms with Gasteiger partial charge in [0, 0.05) is 10.7 Å². The molecular formula is C17H16ClNO2. The number of anilines is 1. The Bertz CT molecular complexity index is 667. The molecule has 108 valence electrons. The SMILES string of the molecule is CCOc1ccc(C[C@@H]2C(=O)Nc3ccc(Cl)cc32)cc1. The quantitative estimate of drug-likeness (QED) is 0.926. The molecule has 21 heavy (non-hydrogen) atoms. The first-order valence-corrected chi connectivity index (χ1v) is 7.37. The summed E-state index contributed by atoms with van der Waals surface area (Å²) in [6.07, 6.45) is 0.658. The largest absolute Gasteiger partial charge is 0.494 e. The number of benzene rings is 2. The highest BCUT2D eigenvalue weighted by Gasteiger charge is 2.30. The van der Waals surface area contributed by atoms with E-state index in [2.05, 4.69) is 5.32 Å². The smallest absolute Gasteiger partial charge is 0.232 e. The normalized spacial score (nSPS) is 16.5. The number of halogens is 1. The molecule has 0 saturated carbocycles. The van der Waals surface area contributed by atoms with Gasteiger partial charge in [-0.1, -0.05) is 23.7 Å². The first-order chi connectivity index (χ1) is 10.2. The summed E-state index contributed by atoms with van der Waals surface area (Å²) in [7, 11) is 0. The molecule has 1 amide bonds. The number of ether oxygens (including phenoxy) is 1. The predicted molar refractivity (Wildman–Crippen MR) is 84.1 cm³/mol. The lowest BCUT2D eigenvalue weighted by Crippen LogP contribution is -2.14. The van der Waals surface area contributed by atoms with E-state index in [1.807, 2.05) is 43.3 Å². The van der Waals surface area contributed by atoms with E-state index in [4.69, 9.17) is 16.3 Å². The zero-order chi connectivity index (χ0) is 14.8. The summed E-state index contributed by atoms with van der Waals surface area (Å²) in [5.74, 6) is 0.693. The van der Waals surface area contributed by atoms with Crippen LogP contribution in [0.25, 0.3) is 0 Å². The molecule has 1 N–H and O–H groups in total. The van der Waals surface area contributed by atoms with E-state index < -0.39 is 0 Å². The summed E-state index contributed by atoms with van der Waals surface area (Å²) >= 11 is 6.04. The van der Waals surface area contributed by atoms with Crippen LogP contribution in [0.5, 0.6) is 5.75 Å². The Morgan fingerprint density at radius 1 is 1.19 bits per heavy atom. The predicted octanol–water partition coefficient (Wildman–Crippen LogP) is 4.02. The van der Waals surface area contributed by atoms with Crippen molar-refractivity contribution in [3.8, 4) is 5.75 Å². The number of carbonyl (C=O) groups is 1. The molecule has 0 aromatic heterocycles. The molecule has 3 nitrogen and oxygen atoms in total. The molecule has 1 heterocycles. The highest BCUT2D eigenvalue weighted by Crippen LogP contribution is 2.36. The molecule has 1 aliphatic rings. The maximum absolute atomic E-state index is 12.1. The topological polar surface area (TPSA) is 38.3 Å². The van der Waals surface area contributed by atoms with Crippen LogP contribution >= 0.6 is 11.6 Å². The van der Waals surface area contributed by atoms with Crippen LogP contribution in [0.3, 0.4) is 0 Å². The van der Waals surface area contributed by atoms with E-state index in [0.29, 0.717) is 18.1 Å². The molecule has 0 aliphatic carbocycles. The van der Waals surface area contributed by atoms with Gasteiger partial charge in [0.2, 0.25) is 5.91 Å². The fourth-order valence-electron chi connectivity index (χ4n) is 2.62. The Labute approximate surface area is 128 Å². The van der Waals surface area contributed by atoms with Gasteiger partial charge in [-0.25, -0.2) is 0 Å². The van der Waals surface area contributed by atoms with Crippen molar-refractivity contribution < 1.29 is 9.53 Å². The van der Waals surface area contributed by atoms with Gasteiger partial charge in [0.1, 0.15) is 5.75 Å². The highest BCUT2D eigenvalue weighted by atomic mass is 35.5. The van der Waals surface area contributed by atoms with Gasteiger partial charge in [-0.3, -0.25) is 4.79 Å². The molecule has 1 aliphatic heterocycles. The Balaban J connectivity index is 1.82. The molecule has 0 radical (unpaired) electrons. The summed E-state index contributed by atoms with van der Waals surface area (Å²) in [4.78, 5) is 12.1. The Morgan fingerprint density at radius 2 is 1.95 bits per heavy atom. The van der Waals surface area contributed by atoms with E-state index >= 15 is 0 Å². The van der Waals surface area contributed by atoms with Crippen LogP contribution in [0.15, 0.2) is 42.5 Å². The van der Waals surface area contributed by atoms with Gasteiger partial charge in [0.15, 0.2) is 0 Å². The second kappa shape index (κ2) is 5.78. The van der Waals surface area contributed by atoms with E-state index in [1.165, 1.54) is 0 Å². The molecule has 2 aromatic carbocycles. The van der Waals surface area contributed by atoms with Crippen LogP contribution < -0.4 is 10.1 Å². The summed E-state index contributed by atoms with van der Waals surface area (Å²) < 4.78 is 5.43. The van der Waals surface area contributed by atoms with E-state index in [-0.39, 0.29) is 11.8 Å². The molecule has 0 saturated heterocycles. The maximum atomic E-state index is 12.1. The minimum absolute atomic E-state index is 0.0288. The zero-order valence-electron chi connectivity index (χ0n) is 11.7.